The van der Waals surface area contributed by atoms with E-state index in [0.29, 0.717) is 12.8 Å². The minimum absolute atomic E-state index is 0.0365. The predicted octanol–water partition coefficient (Wildman–Crippen LogP) is -0.713. The molecule has 0 bridgehead atoms. The maximum atomic E-state index is 12.6. The van der Waals surface area contributed by atoms with Crippen LogP contribution in [0.4, 0.5) is 0 Å². The van der Waals surface area contributed by atoms with Crippen LogP contribution in [0.25, 0.3) is 0 Å². The Morgan fingerprint density at radius 3 is 2.17 bits per heavy atom. The van der Waals surface area contributed by atoms with Crippen LogP contribution in [0.5, 0.6) is 0 Å². The highest BCUT2D eigenvalue weighted by Crippen LogP contribution is 2.53. The van der Waals surface area contributed by atoms with Crippen LogP contribution in [-0.4, -0.2) is 70.3 Å². The molecule has 124 valence electrons. The van der Waals surface area contributed by atoms with Crippen LogP contribution in [0.15, 0.2) is 0 Å². The molecule has 4 fully saturated rings. The molecule has 3 atom stereocenters. The van der Waals surface area contributed by atoms with Crippen molar-refractivity contribution in [3.63, 3.8) is 0 Å². The third-order valence-corrected chi connectivity index (χ3v) is 5.83. The van der Waals surface area contributed by atoms with Gasteiger partial charge >= 0.3 is 0 Å². The summed E-state index contributed by atoms with van der Waals surface area (Å²) in [4.78, 5) is 57.2. The number of hydrogen-bond donors (Lipinski definition) is 0. The first-order chi connectivity index (χ1) is 10.9. The number of fused-ring (bicyclic) bond motifs is 2. The molecule has 0 aromatic heterocycles. The zero-order valence-corrected chi connectivity index (χ0v) is 13.2. The van der Waals surface area contributed by atoms with Gasteiger partial charge in [0.15, 0.2) is 6.10 Å². The average molecular weight is 321 g/mol. The molecule has 1 unspecified atom stereocenters. The first-order valence-corrected chi connectivity index (χ1v) is 7.96. The van der Waals surface area contributed by atoms with Gasteiger partial charge in [0.2, 0.25) is 17.7 Å². The van der Waals surface area contributed by atoms with Crippen LogP contribution in [0.1, 0.15) is 32.1 Å². The second kappa shape index (κ2) is 4.61. The Morgan fingerprint density at radius 1 is 0.957 bits per heavy atom. The maximum Gasteiger partial charge on any atom is 0.261 e. The Balaban J connectivity index is 1.74. The number of amides is 4. The summed E-state index contributed by atoms with van der Waals surface area (Å²) in [6, 6.07) is -0.734. The van der Waals surface area contributed by atoms with Gasteiger partial charge in [-0.15, -0.1) is 0 Å². The molecule has 0 N–H and O–H groups in total. The lowest BCUT2D eigenvalue weighted by molar-refractivity contribution is -0.215. The van der Waals surface area contributed by atoms with Crippen molar-refractivity contribution in [2.24, 2.45) is 5.92 Å². The van der Waals surface area contributed by atoms with Crippen molar-refractivity contribution in [3.05, 3.63) is 0 Å². The Kier molecular flexibility index (Phi) is 2.96. The fourth-order valence-electron chi connectivity index (χ4n) is 4.58. The van der Waals surface area contributed by atoms with E-state index in [-0.39, 0.29) is 30.0 Å². The Morgan fingerprint density at radius 2 is 1.61 bits per heavy atom. The molecule has 1 saturated carbocycles. The summed E-state index contributed by atoms with van der Waals surface area (Å²) < 4.78 is 0. The van der Waals surface area contributed by atoms with E-state index < -0.39 is 23.6 Å². The van der Waals surface area contributed by atoms with Crippen LogP contribution in [0, 0.1) is 5.92 Å². The van der Waals surface area contributed by atoms with Crippen LogP contribution in [0.3, 0.4) is 0 Å². The highest BCUT2D eigenvalue weighted by Gasteiger charge is 2.68. The van der Waals surface area contributed by atoms with Crippen LogP contribution in [-0.2, 0) is 24.0 Å². The molecule has 8 nitrogen and oxygen atoms in total. The quantitative estimate of drug-likeness (QED) is 0.593. The number of hydrogen-bond acceptors (Lipinski definition) is 6. The topological polar surface area (TPSA) is 87.2 Å². The zero-order chi connectivity index (χ0) is 16.5. The van der Waals surface area contributed by atoms with Gasteiger partial charge in [0.25, 0.3) is 5.91 Å². The largest absolute Gasteiger partial charge is 0.284 e. The number of nitrogens with zero attached hydrogens (tertiary/aromatic N) is 3. The number of carbonyl (C=O) groups excluding carboxylic acids is 4. The molecule has 3 saturated heterocycles. The van der Waals surface area contributed by atoms with Gasteiger partial charge in [-0.25, -0.2) is 0 Å². The Labute approximate surface area is 133 Å². The van der Waals surface area contributed by atoms with Gasteiger partial charge in [-0.2, -0.15) is 5.06 Å². The SMILES string of the molecule is CN1C(=O)CC(N2O[C@@H]3C(=O)N(C)C(=O)[C@@H]3C23CCCC3)C1=O. The molecule has 8 heteroatoms. The number of imide groups is 2. The molecule has 23 heavy (non-hydrogen) atoms. The van der Waals surface area contributed by atoms with Gasteiger partial charge in [0.1, 0.15) is 6.04 Å². The van der Waals surface area contributed by atoms with Crippen molar-refractivity contribution in [1.82, 2.24) is 14.9 Å². The van der Waals surface area contributed by atoms with E-state index in [1.54, 1.807) is 5.06 Å². The zero-order valence-electron chi connectivity index (χ0n) is 13.2. The lowest BCUT2D eigenvalue weighted by atomic mass is 9.80. The van der Waals surface area contributed by atoms with E-state index in [9.17, 15) is 19.2 Å². The van der Waals surface area contributed by atoms with E-state index in [1.165, 1.54) is 14.1 Å². The van der Waals surface area contributed by atoms with Gasteiger partial charge in [0.05, 0.1) is 17.9 Å². The smallest absolute Gasteiger partial charge is 0.261 e. The average Bonchev–Trinajstić information content (AvgIpc) is 3.24. The fourth-order valence-corrected chi connectivity index (χ4v) is 4.58. The second-order valence-electron chi connectivity index (χ2n) is 6.89. The molecular formula is C15H19N3O5. The fraction of sp³-hybridized carbons (Fsp3) is 0.733. The third kappa shape index (κ3) is 1.68. The highest BCUT2D eigenvalue weighted by atomic mass is 16.7. The standard InChI is InChI=1S/C15H19N3O5/c1-16-9(19)7-8(12(16)20)18-15(5-3-4-6-15)10-11(23-18)14(22)17(2)13(10)21/h8,10-11H,3-7H2,1-2H3/t8?,10-,11+/m1/s1. The molecule has 0 radical (unpaired) electrons. The van der Waals surface area contributed by atoms with Gasteiger partial charge in [0, 0.05) is 14.1 Å². The minimum Gasteiger partial charge on any atom is -0.284 e. The summed E-state index contributed by atoms with van der Waals surface area (Å²) in [6.07, 6.45) is 2.40. The summed E-state index contributed by atoms with van der Waals surface area (Å²) >= 11 is 0. The van der Waals surface area contributed by atoms with E-state index in [2.05, 4.69) is 0 Å². The van der Waals surface area contributed by atoms with E-state index in [1.807, 2.05) is 0 Å². The highest BCUT2D eigenvalue weighted by molar-refractivity contribution is 6.08. The lowest BCUT2D eigenvalue weighted by Gasteiger charge is -2.38. The van der Waals surface area contributed by atoms with E-state index in [0.717, 1.165) is 22.6 Å². The Bertz CT molecular complexity index is 627. The third-order valence-electron chi connectivity index (χ3n) is 5.83. The van der Waals surface area contributed by atoms with Crippen molar-refractivity contribution in [2.45, 2.75) is 49.8 Å². The molecule has 3 heterocycles. The van der Waals surface area contributed by atoms with Crippen molar-refractivity contribution >= 4 is 23.6 Å². The first kappa shape index (κ1) is 14.8. The van der Waals surface area contributed by atoms with Gasteiger partial charge in [-0.3, -0.25) is 33.8 Å². The monoisotopic (exact) mass is 321 g/mol. The molecule has 1 spiro atoms. The molecule has 4 aliphatic rings. The summed E-state index contributed by atoms with van der Waals surface area (Å²) in [5.41, 5.74) is -0.645. The number of likely N-dealkylation sites (tertiary alicyclic amines) is 2. The second-order valence-corrected chi connectivity index (χ2v) is 6.89. The number of rotatable bonds is 1. The molecule has 4 rings (SSSR count). The van der Waals surface area contributed by atoms with Gasteiger partial charge in [-0.05, 0) is 12.8 Å². The normalized spacial score (nSPS) is 36.9. The van der Waals surface area contributed by atoms with Crippen molar-refractivity contribution < 1.29 is 24.0 Å². The van der Waals surface area contributed by atoms with E-state index >= 15 is 0 Å². The summed E-state index contributed by atoms with van der Waals surface area (Å²) in [6.45, 7) is 0. The molecule has 4 amide bonds. The van der Waals surface area contributed by atoms with Gasteiger partial charge in [-0.1, -0.05) is 12.8 Å². The van der Waals surface area contributed by atoms with Gasteiger partial charge < -0.3 is 0 Å². The molecule has 3 aliphatic heterocycles. The molecule has 1 aliphatic carbocycles. The van der Waals surface area contributed by atoms with E-state index in [4.69, 9.17) is 4.84 Å². The van der Waals surface area contributed by atoms with Crippen molar-refractivity contribution in [1.29, 1.82) is 0 Å². The summed E-state index contributed by atoms with van der Waals surface area (Å²) in [7, 11) is 2.92. The van der Waals surface area contributed by atoms with Crippen LogP contribution in [0.2, 0.25) is 0 Å². The molecular weight excluding hydrogens is 302 g/mol. The van der Waals surface area contributed by atoms with Crippen molar-refractivity contribution in [3.8, 4) is 0 Å². The number of likely N-dealkylation sites (N-methyl/N-ethyl adjacent to an activating group) is 2. The maximum absolute atomic E-state index is 12.6. The first-order valence-electron chi connectivity index (χ1n) is 7.96. The minimum atomic E-state index is -0.862. The summed E-state index contributed by atoms with van der Waals surface area (Å²) in [5, 5.41) is 1.54. The van der Waals surface area contributed by atoms with Crippen LogP contribution >= 0.6 is 0 Å². The molecule has 0 aromatic carbocycles. The van der Waals surface area contributed by atoms with Crippen LogP contribution < -0.4 is 0 Å². The predicted molar refractivity (Wildman–Crippen MR) is 75.4 cm³/mol. The van der Waals surface area contributed by atoms with Crippen molar-refractivity contribution in [2.75, 3.05) is 14.1 Å². The Hall–Kier alpha value is -1.80. The number of hydroxylamine groups is 2. The number of carbonyl (C=O) groups is 4. The summed E-state index contributed by atoms with van der Waals surface area (Å²) in [5.74, 6) is -1.76. The lowest BCUT2D eigenvalue weighted by Crippen LogP contribution is -2.54. The molecule has 0 aromatic rings.